The summed E-state index contributed by atoms with van der Waals surface area (Å²) >= 11 is 0. The number of fused-ring (bicyclic) bond motifs is 6. The number of benzene rings is 3. The predicted octanol–water partition coefficient (Wildman–Crippen LogP) is 3.73. The molecule has 2 heterocycles. The Morgan fingerprint density at radius 2 is 1.65 bits per heavy atom. The molecule has 3 aromatic rings. The molecule has 0 saturated carbocycles. The van der Waals surface area contributed by atoms with Crippen molar-refractivity contribution in [1.82, 2.24) is 0 Å². The summed E-state index contributed by atoms with van der Waals surface area (Å²) in [5, 5.41) is 0. The highest BCUT2D eigenvalue weighted by Gasteiger charge is 2.53. The van der Waals surface area contributed by atoms with Gasteiger partial charge < -0.3 is 20.9 Å². The van der Waals surface area contributed by atoms with Crippen molar-refractivity contribution >= 4 is 17.3 Å². The molecular weight excluding hydrogens is 328 g/mol. The lowest BCUT2D eigenvalue weighted by molar-refractivity contribution is 0.0224. The van der Waals surface area contributed by atoms with Crippen LogP contribution in [0.15, 0.2) is 54.6 Å². The van der Waals surface area contributed by atoms with Crippen LogP contribution < -0.4 is 16.2 Å². The second-order valence-corrected chi connectivity index (χ2v) is 6.68. The Hall–Kier alpha value is -3.47. The molecule has 0 aliphatic carbocycles. The molecule has 0 amide bonds. The number of ether oxygens (including phenoxy) is 2. The van der Waals surface area contributed by atoms with Gasteiger partial charge in [0.15, 0.2) is 5.60 Å². The molecule has 1 atom stereocenters. The number of rotatable bonds is 0. The quantitative estimate of drug-likeness (QED) is 0.479. The Morgan fingerprint density at radius 1 is 0.885 bits per heavy atom. The summed E-state index contributed by atoms with van der Waals surface area (Å²) < 4.78 is 12.1. The standard InChI is InChI=1S/C21H16N2O3/c1-11-8-18-16(10-17(11)23)21(15-7-6-12(22)9-19(15)25-18)14-5-3-2-4-13(14)20(24)26-21/h2-10H,22-23H2,1H3. The second kappa shape index (κ2) is 4.79. The zero-order valence-corrected chi connectivity index (χ0v) is 14.1. The third-order valence-electron chi connectivity index (χ3n) is 5.12. The summed E-state index contributed by atoms with van der Waals surface area (Å²) in [4.78, 5) is 12.7. The van der Waals surface area contributed by atoms with Crippen LogP contribution in [0.1, 0.15) is 32.6 Å². The Labute approximate surface area is 150 Å². The number of nitrogens with two attached hydrogens (primary N) is 2. The van der Waals surface area contributed by atoms with E-state index in [0.29, 0.717) is 28.4 Å². The predicted molar refractivity (Wildman–Crippen MR) is 98.3 cm³/mol. The largest absolute Gasteiger partial charge is 0.456 e. The van der Waals surface area contributed by atoms with Gasteiger partial charge in [0, 0.05) is 34.1 Å². The van der Waals surface area contributed by atoms with E-state index in [1.54, 1.807) is 18.2 Å². The van der Waals surface area contributed by atoms with Gasteiger partial charge in [-0.3, -0.25) is 0 Å². The van der Waals surface area contributed by atoms with Gasteiger partial charge in [0.25, 0.3) is 0 Å². The molecule has 0 saturated heterocycles. The van der Waals surface area contributed by atoms with Crippen LogP contribution >= 0.6 is 0 Å². The maximum atomic E-state index is 12.7. The molecule has 5 heteroatoms. The molecule has 0 radical (unpaired) electrons. The van der Waals surface area contributed by atoms with E-state index in [0.717, 1.165) is 22.3 Å². The molecule has 4 N–H and O–H groups in total. The Bertz CT molecular complexity index is 1110. The Balaban J connectivity index is 1.92. The summed E-state index contributed by atoms with van der Waals surface area (Å²) in [7, 11) is 0. The van der Waals surface area contributed by atoms with Crippen molar-refractivity contribution in [1.29, 1.82) is 0 Å². The average molecular weight is 344 g/mol. The van der Waals surface area contributed by atoms with E-state index in [4.69, 9.17) is 20.9 Å². The van der Waals surface area contributed by atoms with Crippen molar-refractivity contribution in [3.8, 4) is 11.5 Å². The molecule has 2 aliphatic heterocycles. The average Bonchev–Trinajstić information content (AvgIpc) is 2.91. The summed E-state index contributed by atoms with van der Waals surface area (Å²) in [5.41, 5.74) is 15.9. The van der Waals surface area contributed by atoms with E-state index in [-0.39, 0.29) is 5.97 Å². The summed E-state index contributed by atoms with van der Waals surface area (Å²) in [6.45, 7) is 1.91. The van der Waals surface area contributed by atoms with Gasteiger partial charge in [0.05, 0.1) is 5.56 Å². The SMILES string of the molecule is Cc1cc2c(cc1N)C1(OC(=O)c3ccccc31)c1ccc(N)cc1O2. The first kappa shape index (κ1) is 14.8. The number of esters is 1. The van der Waals surface area contributed by atoms with Crippen LogP contribution in [0, 0.1) is 6.92 Å². The number of hydrogen-bond donors (Lipinski definition) is 2. The van der Waals surface area contributed by atoms with E-state index in [2.05, 4.69) is 0 Å². The van der Waals surface area contributed by atoms with Crippen molar-refractivity contribution in [3.63, 3.8) is 0 Å². The molecular formula is C21H16N2O3. The van der Waals surface area contributed by atoms with E-state index in [1.807, 2.05) is 43.3 Å². The number of anilines is 2. The minimum atomic E-state index is -1.09. The van der Waals surface area contributed by atoms with E-state index < -0.39 is 5.60 Å². The summed E-state index contributed by atoms with van der Waals surface area (Å²) in [6, 6.07) is 16.5. The molecule has 3 aromatic carbocycles. The van der Waals surface area contributed by atoms with Gasteiger partial charge in [-0.2, -0.15) is 0 Å². The van der Waals surface area contributed by atoms with Crippen LogP contribution in [0.5, 0.6) is 11.5 Å². The topological polar surface area (TPSA) is 87.6 Å². The molecule has 0 bridgehead atoms. The van der Waals surface area contributed by atoms with Crippen molar-refractivity contribution in [3.05, 3.63) is 82.4 Å². The van der Waals surface area contributed by atoms with Crippen LogP contribution in [-0.4, -0.2) is 5.97 Å². The van der Waals surface area contributed by atoms with Crippen molar-refractivity contribution in [2.45, 2.75) is 12.5 Å². The molecule has 1 unspecified atom stereocenters. The third-order valence-corrected chi connectivity index (χ3v) is 5.12. The molecule has 128 valence electrons. The molecule has 26 heavy (non-hydrogen) atoms. The molecule has 5 rings (SSSR count). The fraction of sp³-hybridized carbons (Fsp3) is 0.0952. The normalized spacial score (nSPS) is 19.3. The van der Waals surface area contributed by atoms with Crippen molar-refractivity contribution in [2.24, 2.45) is 0 Å². The van der Waals surface area contributed by atoms with Crippen molar-refractivity contribution < 1.29 is 14.3 Å². The monoisotopic (exact) mass is 344 g/mol. The summed E-state index contributed by atoms with van der Waals surface area (Å²) in [6.07, 6.45) is 0. The van der Waals surface area contributed by atoms with Gasteiger partial charge in [-0.25, -0.2) is 4.79 Å². The Morgan fingerprint density at radius 3 is 2.50 bits per heavy atom. The first-order chi connectivity index (χ1) is 12.5. The molecule has 2 aliphatic rings. The van der Waals surface area contributed by atoms with Crippen LogP contribution in [0.3, 0.4) is 0 Å². The van der Waals surface area contributed by atoms with Gasteiger partial charge in [0.2, 0.25) is 0 Å². The van der Waals surface area contributed by atoms with Gasteiger partial charge in [-0.15, -0.1) is 0 Å². The maximum Gasteiger partial charge on any atom is 0.340 e. The first-order valence-electron chi connectivity index (χ1n) is 8.32. The first-order valence-corrected chi connectivity index (χ1v) is 8.32. The number of aryl methyl sites for hydroxylation is 1. The smallest absolute Gasteiger partial charge is 0.340 e. The van der Waals surface area contributed by atoms with Crippen LogP contribution in [0.25, 0.3) is 0 Å². The fourth-order valence-corrected chi connectivity index (χ4v) is 3.85. The molecule has 5 nitrogen and oxygen atoms in total. The minimum absolute atomic E-state index is 0.365. The van der Waals surface area contributed by atoms with Crippen LogP contribution in [0.4, 0.5) is 11.4 Å². The lowest BCUT2D eigenvalue weighted by atomic mass is 9.77. The lowest BCUT2D eigenvalue weighted by Gasteiger charge is -2.37. The molecule has 0 aromatic heterocycles. The third kappa shape index (κ3) is 1.72. The maximum absolute atomic E-state index is 12.7. The van der Waals surface area contributed by atoms with E-state index in [1.165, 1.54) is 0 Å². The van der Waals surface area contributed by atoms with Crippen molar-refractivity contribution in [2.75, 3.05) is 11.5 Å². The van der Waals surface area contributed by atoms with Gasteiger partial charge in [-0.1, -0.05) is 18.2 Å². The zero-order chi connectivity index (χ0) is 18.1. The fourth-order valence-electron chi connectivity index (χ4n) is 3.85. The van der Waals surface area contributed by atoms with E-state index >= 15 is 0 Å². The zero-order valence-electron chi connectivity index (χ0n) is 14.1. The highest BCUT2D eigenvalue weighted by Crippen LogP contribution is 2.56. The van der Waals surface area contributed by atoms with Crippen LogP contribution in [-0.2, 0) is 10.3 Å². The molecule has 0 fully saturated rings. The van der Waals surface area contributed by atoms with Gasteiger partial charge in [-0.05, 0) is 42.8 Å². The Kier molecular flexibility index (Phi) is 2.73. The molecule has 1 spiro atoms. The van der Waals surface area contributed by atoms with Gasteiger partial charge >= 0.3 is 5.97 Å². The number of carbonyl (C=O) groups excluding carboxylic acids is 1. The number of hydrogen-bond acceptors (Lipinski definition) is 5. The summed E-state index contributed by atoms with van der Waals surface area (Å²) in [5.74, 6) is 0.820. The van der Waals surface area contributed by atoms with E-state index in [9.17, 15) is 4.79 Å². The highest BCUT2D eigenvalue weighted by atomic mass is 16.6. The second-order valence-electron chi connectivity index (χ2n) is 6.68. The highest BCUT2D eigenvalue weighted by molar-refractivity contribution is 5.97. The lowest BCUT2D eigenvalue weighted by Crippen LogP contribution is -2.33. The number of nitrogen functional groups attached to an aromatic ring is 2. The number of carbonyl (C=O) groups is 1. The van der Waals surface area contributed by atoms with Crippen LogP contribution in [0.2, 0.25) is 0 Å². The van der Waals surface area contributed by atoms with Gasteiger partial charge in [0.1, 0.15) is 11.5 Å². The minimum Gasteiger partial charge on any atom is -0.456 e.